The first kappa shape index (κ1) is 19.2. The molecule has 2 saturated carbocycles. The Hall–Kier alpha value is -1.12. The summed E-state index contributed by atoms with van der Waals surface area (Å²) in [7, 11) is 0. The first-order chi connectivity index (χ1) is 11.2. The summed E-state index contributed by atoms with van der Waals surface area (Å²) in [6.45, 7) is 6.85. The minimum atomic E-state index is -0.692. The Morgan fingerprint density at radius 3 is 2.46 bits per heavy atom. The zero-order valence-electron chi connectivity index (χ0n) is 15.5. The van der Waals surface area contributed by atoms with Crippen LogP contribution >= 0.6 is 0 Å². The predicted octanol–water partition coefficient (Wildman–Crippen LogP) is 2.50. The van der Waals surface area contributed by atoms with E-state index in [4.69, 9.17) is 0 Å². The topological polar surface area (TPSA) is 85.2 Å². The molecule has 2 aliphatic carbocycles. The first-order valence-electron chi connectivity index (χ1n) is 9.32. The molecule has 24 heavy (non-hydrogen) atoms. The van der Waals surface area contributed by atoms with Gasteiger partial charge in [-0.1, -0.05) is 40.0 Å². The van der Waals surface area contributed by atoms with Gasteiger partial charge < -0.3 is 15.7 Å². The summed E-state index contributed by atoms with van der Waals surface area (Å²) in [5.41, 5.74) is -0.936. The number of nitrogens with zero attached hydrogens (tertiary/aromatic N) is 1. The molecule has 2 rings (SSSR count). The standard InChI is InChI=1S/C19H33N3O2/c1-15-9-17(2,3)12-19(10-15,14-23)21-11-16(24)22-18(13-20)7-5-4-6-8-18/h15,21,23H,4-12,14H2,1-3H3,(H,22,24). The highest BCUT2D eigenvalue weighted by molar-refractivity contribution is 5.79. The van der Waals surface area contributed by atoms with Crippen LogP contribution in [-0.2, 0) is 4.79 Å². The lowest BCUT2D eigenvalue weighted by Crippen LogP contribution is -2.59. The van der Waals surface area contributed by atoms with Crippen LogP contribution in [0.25, 0.3) is 0 Å². The molecular weight excluding hydrogens is 302 g/mol. The molecule has 0 aromatic carbocycles. The highest BCUT2D eigenvalue weighted by atomic mass is 16.3. The van der Waals surface area contributed by atoms with Gasteiger partial charge in [0.1, 0.15) is 5.54 Å². The highest BCUT2D eigenvalue weighted by Gasteiger charge is 2.43. The van der Waals surface area contributed by atoms with Gasteiger partial charge in [0.05, 0.1) is 19.2 Å². The second-order valence-electron chi connectivity index (χ2n) is 8.95. The van der Waals surface area contributed by atoms with Crippen molar-refractivity contribution in [3.63, 3.8) is 0 Å². The van der Waals surface area contributed by atoms with Gasteiger partial charge in [0.2, 0.25) is 5.91 Å². The van der Waals surface area contributed by atoms with Crippen molar-refractivity contribution in [2.24, 2.45) is 11.3 Å². The van der Waals surface area contributed by atoms with Crippen molar-refractivity contribution in [3.8, 4) is 6.07 Å². The van der Waals surface area contributed by atoms with Crippen molar-refractivity contribution in [1.29, 1.82) is 5.26 Å². The number of carbonyl (C=O) groups excluding carboxylic acids is 1. The monoisotopic (exact) mass is 335 g/mol. The van der Waals surface area contributed by atoms with Crippen molar-refractivity contribution in [2.45, 2.75) is 83.2 Å². The third kappa shape index (κ3) is 4.70. The lowest BCUT2D eigenvalue weighted by atomic mass is 9.64. The van der Waals surface area contributed by atoms with Crippen LogP contribution in [0.5, 0.6) is 0 Å². The second-order valence-corrected chi connectivity index (χ2v) is 8.95. The summed E-state index contributed by atoms with van der Waals surface area (Å²) >= 11 is 0. The number of aliphatic hydroxyl groups is 1. The molecule has 0 bridgehead atoms. The van der Waals surface area contributed by atoms with E-state index in [1.807, 2.05) is 0 Å². The van der Waals surface area contributed by atoms with Gasteiger partial charge >= 0.3 is 0 Å². The van der Waals surface area contributed by atoms with E-state index in [2.05, 4.69) is 37.5 Å². The summed E-state index contributed by atoms with van der Waals surface area (Å²) in [6.07, 6.45) is 7.48. The van der Waals surface area contributed by atoms with Crippen LogP contribution < -0.4 is 10.6 Å². The summed E-state index contributed by atoms with van der Waals surface area (Å²) in [5.74, 6) is 0.377. The Balaban J connectivity index is 1.95. The molecule has 2 fully saturated rings. The molecule has 2 atom stereocenters. The fraction of sp³-hybridized carbons (Fsp3) is 0.895. The fourth-order valence-corrected chi connectivity index (χ4v) is 5.05. The van der Waals surface area contributed by atoms with Crippen molar-refractivity contribution in [1.82, 2.24) is 10.6 Å². The molecule has 0 aromatic rings. The molecule has 0 spiro atoms. The Morgan fingerprint density at radius 2 is 1.92 bits per heavy atom. The van der Waals surface area contributed by atoms with Crippen LogP contribution in [0.4, 0.5) is 0 Å². The molecule has 136 valence electrons. The van der Waals surface area contributed by atoms with Crippen LogP contribution in [0.15, 0.2) is 0 Å². The van der Waals surface area contributed by atoms with E-state index in [9.17, 15) is 15.2 Å². The van der Waals surface area contributed by atoms with Crippen molar-refractivity contribution < 1.29 is 9.90 Å². The molecule has 5 nitrogen and oxygen atoms in total. The van der Waals surface area contributed by atoms with Gasteiger partial charge in [-0.3, -0.25) is 4.79 Å². The number of rotatable bonds is 5. The van der Waals surface area contributed by atoms with Gasteiger partial charge in [-0.2, -0.15) is 5.26 Å². The minimum absolute atomic E-state index is 0.0391. The zero-order valence-corrected chi connectivity index (χ0v) is 15.5. The average Bonchev–Trinajstić information content (AvgIpc) is 2.52. The number of hydrogen-bond acceptors (Lipinski definition) is 4. The SMILES string of the molecule is CC1CC(C)(C)CC(CO)(NCC(=O)NC2(C#N)CCCCC2)C1. The largest absolute Gasteiger partial charge is 0.394 e. The molecule has 0 aliphatic heterocycles. The molecular formula is C19H33N3O2. The molecule has 2 aliphatic rings. The number of amides is 1. The van der Waals surface area contributed by atoms with E-state index in [0.717, 1.165) is 51.4 Å². The second kappa shape index (κ2) is 7.41. The lowest BCUT2D eigenvalue weighted by molar-refractivity contribution is -0.122. The van der Waals surface area contributed by atoms with E-state index < -0.39 is 11.1 Å². The van der Waals surface area contributed by atoms with Gasteiger partial charge in [-0.15, -0.1) is 0 Å². The molecule has 5 heteroatoms. The molecule has 0 radical (unpaired) electrons. The summed E-state index contributed by atoms with van der Waals surface area (Å²) in [5, 5.41) is 25.7. The number of nitriles is 1. The maximum atomic E-state index is 12.4. The number of carbonyl (C=O) groups is 1. The Kier molecular flexibility index (Phi) is 5.93. The summed E-state index contributed by atoms with van der Waals surface area (Å²) in [6, 6.07) is 2.32. The van der Waals surface area contributed by atoms with E-state index in [1.165, 1.54) is 0 Å². The zero-order chi connectivity index (χ0) is 17.8. The van der Waals surface area contributed by atoms with Crippen LogP contribution in [0, 0.1) is 22.7 Å². The van der Waals surface area contributed by atoms with Crippen molar-refractivity contribution >= 4 is 5.91 Å². The number of nitrogens with one attached hydrogen (secondary N) is 2. The molecule has 0 heterocycles. The van der Waals surface area contributed by atoms with E-state index >= 15 is 0 Å². The van der Waals surface area contributed by atoms with Crippen molar-refractivity contribution in [3.05, 3.63) is 0 Å². The Bertz CT molecular complexity index is 491. The number of aliphatic hydroxyl groups excluding tert-OH is 1. The van der Waals surface area contributed by atoms with Crippen molar-refractivity contribution in [2.75, 3.05) is 13.2 Å². The highest BCUT2D eigenvalue weighted by Crippen LogP contribution is 2.43. The quantitative estimate of drug-likeness (QED) is 0.720. The Morgan fingerprint density at radius 1 is 1.25 bits per heavy atom. The smallest absolute Gasteiger partial charge is 0.235 e. The minimum Gasteiger partial charge on any atom is -0.394 e. The van der Waals surface area contributed by atoms with Crippen LogP contribution in [0.3, 0.4) is 0 Å². The van der Waals surface area contributed by atoms with Gasteiger partial charge in [-0.05, 0) is 43.4 Å². The molecule has 3 N–H and O–H groups in total. The van der Waals surface area contributed by atoms with Crippen LogP contribution in [0.1, 0.15) is 72.1 Å². The van der Waals surface area contributed by atoms with Gasteiger partial charge in [-0.25, -0.2) is 0 Å². The van der Waals surface area contributed by atoms with Crippen LogP contribution in [0.2, 0.25) is 0 Å². The van der Waals surface area contributed by atoms with E-state index in [0.29, 0.717) is 5.92 Å². The normalized spacial score (nSPS) is 31.9. The summed E-state index contributed by atoms with van der Waals surface area (Å²) < 4.78 is 0. The van der Waals surface area contributed by atoms with Crippen LogP contribution in [-0.4, -0.2) is 35.2 Å². The molecule has 0 aromatic heterocycles. The maximum absolute atomic E-state index is 12.4. The summed E-state index contributed by atoms with van der Waals surface area (Å²) in [4.78, 5) is 12.4. The third-order valence-corrected chi connectivity index (χ3v) is 5.68. The third-order valence-electron chi connectivity index (χ3n) is 5.68. The maximum Gasteiger partial charge on any atom is 0.235 e. The van der Waals surface area contributed by atoms with E-state index in [-0.39, 0.29) is 24.5 Å². The molecule has 0 saturated heterocycles. The first-order valence-corrected chi connectivity index (χ1v) is 9.32. The molecule has 2 unspecified atom stereocenters. The van der Waals surface area contributed by atoms with E-state index in [1.54, 1.807) is 0 Å². The van der Waals surface area contributed by atoms with Gasteiger partial charge in [0.25, 0.3) is 0 Å². The molecule has 1 amide bonds. The lowest BCUT2D eigenvalue weighted by Gasteiger charge is -2.47. The number of hydrogen-bond donors (Lipinski definition) is 3. The Labute approximate surface area is 146 Å². The fourth-order valence-electron chi connectivity index (χ4n) is 5.05. The average molecular weight is 335 g/mol. The van der Waals surface area contributed by atoms with Gasteiger partial charge in [0.15, 0.2) is 0 Å². The van der Waals surface area contributed by atoms with Gasteiger partial charge in [0, 0.05) is 5.54 Å². The predicted molar refractivity (Wildman–Crippen MR) is 94.2 cm³/mol.